The monoisotopic (exact) mass is 316 g/mol. The maximum absolute atomic E-state index is 13.7. The minimum atomic E-state index is -4.01. The Morgan fingerprint density at radius 3 is 2.71 bits per heavy atom. The van der Waals surface area contributed by atoms with E-state index in [0.29, 0.717) is 0 Å². The number of amides is 1. The van der Waals surface area contributed by atoms with E-state index in [1.54, 1.807) is 0 Å². The van der Waals surface area contributed by atoms with Crippen LogP contribution in [0.3, 0.4) is 0 Å². The molecule has 1 atom stereocenters. The number of morpholine rings is 1. The fourth-order valence-corrected chi connectivity index (χ4v) is 3.81. The van der Waals surface area contributed by atoms with Gasteiger partial charge in [-0.1, -0.05) is 12.1 Å². The Hall–Kier alpha value is -1.51. The molecule has 1 heterocycles. The van der Waals surface area contributed by atoms with E-state index < -0.39 is 32.2 Å². The fourth-order valence-electron chi connectivity index (χ4n) is 2.23. The van der Waals surface area contributed by atoms with Crippen molar-refractivity contribution in [2.45, 2.75) is 17.4 Å². The van der Waals surface area contributed by atoms with Gasteiger partial charge in [-0.2, -0.15) is 4.31 Å². The molecule has 0 saturated carbocycles. The Balaban J connectivity index is 2.33. The molecule has 1 fully saturated rings. The summed E-state index contributed by atoms with van der Waals surface area (Å²) < 4.78 is 45.2. The van der Waals surface area contributed by atoms with Crippen LogP contribution >= 0.6 is 0 Å². The maximum atomic E-state index is 13.7. The Kier molecular flexibility index (Phi) is 4.31. The van der Waals surface area contributed by atoms with E-state index >= 15 is 0 Å². The van der Waals surface area contributed by atoms with Crippen LogP contribution in [0.5, 0.6) is 0 Å². The highest BCUT2D eigenvalue weighted by Crippen LogP contribution is 2.25. The fraction of sp³-hybridized carbons (Fsp3) is 0.462. The van der Waals surface area contributed by atoms with Crippen molar-refractivity contribution in [1.82, 2.24) is 9.62 Å². The summed E-state index contributed by atoms with van der Waals surface area (Å²) in [6.45, 7) is 1.49. The molecule has 8 heteroatoms. The van der Waals surface area contributed by atoms with Gasteiger partial charge in [-0.3, -0.25) is 4.79 Å². The molecule has 0 radical (unpaired) electrons. The summed E-state index contributed by atoms with van der Waals surface area (Å²) in [5.41, 5.74) is -1.29. The van der Waals surface area contributed by atoms with Gasteiger partial charge in [0, 0.05) is 13.6 Å². The Morgan fingerprint density at radius 1 is 1.43 bits per heavy atom. The SMILES string of the molecule is CNC(=O)C1(C)CN(S(=O)(=O)c2ccccc2F)CCO1. The molecule has 6 nitrogen and oxygen atoms in total. The molecule has 1 aromatic carbocycles. The van der Waals surface area contributed by atoms with E-state index in [4.69, 9.17) is 4.74 Å². The quantitative estimate of drug-likeness (QED) is 0.873. The Bertz CT molecular complexity index is 649. The first kappa shape index (κ1) is 15.9. The van der Waals surface area contributed by atoms with Gasteiger partial charge in [0.15, 0.2) is 5.60 Å². The molecule has 1 aliphatic heterocycles. The number of carbonyl (C=O) groups excluding carboxylic acids is 1. The van der Waals surface area contributed by atoms with Crippen LogP contribution in [0.2, 0.25) is 0 Å². The number of carbonyl (C=O) groups is 1. The molecule has 1 saturated heterocycles. The molecule has 0 bridgehead atoms. The first-order valence-electron chi connectivity index (χ1n) is 6.42. The second kappa shape index (κ2) is 5.70. The molecule has 1 aliphatic rings. The highest BCUT2D eigenvalue weighted by Gasteiger charge is 2.43. The van der Waals surface area contributed by atoms with Crippen LogP contribution in [0.25, 0.3) is 0 Å². The zero-order valence-corrected chi connectivity index (χ0v) is 12.6. The lowest BCUT2D eigenvalue weighted by Gasteiger charge is -2.38. The lowest BCUT2D eigenvalue weighted by atomic mass is 10.0. The van der Waals surface area contributed by atoms with Crippen LogP contribution in [-0.4, -0.2) is 51.0 Å². The predicted octanol–water partition coefficient (Wildman–Crippen LogP) is 0.351. The summed E-state index contributed by atoms with van der Waals surface area (Å²) in [6.07, 6.45) is 0. The molecule has 1 unspecified atom stereocenters. The topological polar surface area (TPSA) is 75.7 Å². The van der Waals surface area contributed by atoms with Crippen molar-refractivity contribution in [2.24, 2.45) is 0 Å². The Labute approximate surface area is 122 Å². The third-order valence-electron chi connectivity index (χ3n) is 3.40. The third kappa shape index (κ3) is 2.92. The molecule has 1 amide bonds. The van der Waals surface area contributed by atoms with Crippen LogP contribution in [-0.2, 0) is 19.6 Å². The molecular weight excluding hydrogens is 299 g/mol. The summed E-state index contributed by atoms with van der Waals surface area (Å²) in [5.74, 6) is -1.23. The number of nitrogens with one attached hydrogen (secondary N) is 1. The van der Waals surface area contributed by atoms with Crippen LogP contribution in [0.1, 0.15) is 6.92 Å². The molecule has 0 aliphatic carbocycles. The number of likely N-dealkylation sites (N-methyl/N-ethyl adjacent to an activating group) is 1. The highest BCUT2D eigenvalue weighted by atomic mass is 32.2. The van der Waals surface area contributed by atoms with Gasteiger partial charge < -0.3 is 10.1 Å². The smallest absolute Gasteiger partial charge is 0.253 e. The van der Waals surface area contributed by atoms with E-state index in [1.165, 1.54) is 32.2 Å². The first-order valence-corrected chi connectivity index (χ1v) is 7.86. The van der Waals surface area contributed by atoms with E-state index in [-0.39, 0.29) is 19.7 Å². The van der Waals surface area contributed by atoms with Crippen LogP contribution in [0.15, 0.2) is 29.2 Å². The first-order chi connectivity index (χ1) is 9.81. The van der Waals surface area contributed by atoms with Gasteiger partial charge in [0.1, 0.15) is 10.7 Å². The summed E-state index contributed by atoms with van der Waals surface area (Å²) in [4.78, 5) is 11.4. The largest absolute Gasteiger partial charge is 0.363 e. The van der Waals surface area contributed by atoms with Crippen molar-refractivity contribution < 1.29 is 22.3 Å². The van der Waals surface area contributed by atoms with Crippen molar-refractivity contribution in [3.05, 3.63) is 30.1 Å². The van der Waals surface area contributed by atoms with Gasteiger partial charge in [0.05, 0.1) is 13.2 Å². The number of sulfonamides is 1. The molecule has 21 heavy (non-hydrogen) atoms. The number of halogens is 1. The van der Waals surface area contributed by atoms with E-state index in [9.17, 15) is 17.6 Å². The summed E-state index contributed by atoms with van der Waals surface area (Å²) in [5, 5.41) is 2.44. The van der Waals surface area contributed by atoms with Gasteiger partial charge in [-0.25, -0.2) is 12.8 Å². The average Bonchev–Trinajstić information content (AvgIpc) is 2.46. The predicted molar refractivity (Wildman–Crippen MR) is 73.6 cm³/mol. The summed E-state index contributed by atoms with van der Waals surface area (Å²) in [7, 11) is -2.56. The molecule has 0 aromatic heterocycles. The maximum Gasteiger partial charge on any atom is 0.253 e. The average molecular weight is 316 g/mol. The highest BCUT2D eigenvalue weighted by molar-refractivity contribution is 7.89. The number of nitrogens with zero attached hydrogens (tertiary/aromatic N) is 1. The van der Waals surface area contributed by atoms with E-state index in [0.717, 1.165) is 10.4 Å². The molecule has 1 aromatic rings. The van der Waals surface area contributed by atoms with E-state index in [2.05, 4.69) is 5.32 Å². The summed E-state index contributed by atoms with van der Waals surface area (Å²) in [6, 6.07) is 5.17. The Morgan fingerprint density at radius 2 is 2.10 bits per heavy atom. The number of hydrogen-bond donors (Lipinski definition) is 1. The zero-order valence-electron chi connectivity index (χ0n) is 11.8. The van der Waals surface area contributed by atoms with Crippen molar-refractivity contribution in [3.8, 4) is 0 Å². The summed E-state index contributed by atoms with van der Waals surface area (Å²) >= 11 is 0. The van der Waals surface area contributed by atoms with Gasteiger partial charge in [-0.05, 0) is 19.1 Å². The van der Waals surface area contributed by atoms with Gasteiger partial charge in [-0.15, -0.1) is 0 Å². The third-order valence-corrected chi connectivity index (χ3v) is 5.28. The van der Waals surface area contributed by atoms with Gasteiger partial charge in [0.25, 0.3) is 5.91 Å². The van der Waals surface area contributed by atoms with Crippen LogP contribution in [0, 0.1) is 5.82 Å². The molecule has 116 valence electrons. The second-order valence-corrected chi connectivity index (χ2v) is 6.83. The van der Waals surface area contributed by atoms with Crippen molar-refractivity contribution in [2.75, 3.05) is 26.7 Å². The normalized spacial score (nSPS) is 23.8. The lowest BCUT2D eigenvalue weighted by Crippen LogP contribution is -2.58. The number of ether oxygens (including phenoxy) is 1. The molecular formula is C13H17FN2O4S. The zero-order chi connectivity index (χ0) is 15.7. The molecule has 1 N–H and O–H groups in total. The lowest BCUT2D eigenvalue weighted by molar-refractivity contribution is -0.151. The number of benzene rings is 1. The van der Waals surface area contributed by atoms with Crippen LogP contribution in [0.4, 0.5) is 4.39 Å². The minimum absolute atomic E-state index is 0.0671. The number of rotatable bonds is 3. The van der Waals surface area contributed by atoms with Gasteiger partial charge >= 0.3 is 0 Å². The van der Waals surface area contributed by atoms with Crippen molar-refractivity contribution in [1.29, 1.82) is 0 Å². The second-order valence-electron chi connectivity index (χ2n) is 4.93. The number of hydrogen-bond acceptors (Lipinski definition) is 4. The standard InChI is InChI=1S/C13H17FN2O4S/c1-13(12(17)15-2)9-16(7-8-20-13)21(18,19)11-6-4-3-5-10(11)14/h3-6H,7-9H2,1-2H3,(H,15,17). The molecule has 0 spiro atoms. The van der Waals surface area contributed by atoms with Crippen molar-refractivity contribution >= 4 is 15.9 Å². The molecule has 2 rings (SSSR count). The van der Waals surface area contributed by atoms with E-state index in [1.807, 2.05) is 0 Å². The minimum Gasteiger partial charge on any atom is -0.363 e. The van der Waals surface area contributed by atoms with Gasteiger partial charge in [0.2, 0.25) is 10.0 Å². The van der Waals surface area contributed by atoms with Crippen molar-refractivity contribution in [3.63, 3.8) is 0 Å². The van der Waals surface area contributed by atoms with Crippen LogP contribution < -0.4 is 5.32 Å².